The van der Waals surface area contributed by atoms with Gasteiger partial charge in [-0.25, -0.2) is 0 Å². The number of phenols is 2. The molecule has 160 valence electrons. The van der Waals surface area contributed by atoms with Gasteiger partial charge in [0.1, 0.15) is 16.4 Å². The maximum atomic E-state index is 10.7. The molecular weight excluding hydrogens is 495 g/mol. The predicted molar refractivity (Wildman–Crippen MR) is 121 cm³/mol. The Morgan fingerprint density at radius 2 is 1.20 bits per heavy atom. The van der Waals surface area contributed by atoms with E-state index in [-0.39, 0.29) is 31.7 Å². The molecule has 0 aliphatic carbocycles. The molecule has 0 amide bonds. The highest BCUT2D eigenvalue weighted by atomic mass is 35.5. The van der Waals surface area contributed by atoms with Crippen LogP contribution in [-0.4, -0.2) is 28.3 Å². The lowest BCUT2D eigenvalue weighted by molar-refractivity contribution is 0.109. The third-order valence-electron chi connectivity index (χ3n) is 3.12. The smallest absolute Gasteiger partial charge is 0.296 e. The van der Waals surface area contributed by atoms with Crippen molar-refractivity contribution in [2.75, 3.05) is 0 Å². The number of aromatic hydroxyl groups is 2. The maximum Gasteiger partial charge on any atom is 0.296 e. The van der Waals surface area contributed by atoms with Crippen molar-refractivity contribution in [1.29, 1.82) is 0 Å². The number of hydrogen-bond acceptors (Lipinski definition) is 5. The lowest BCUT2D eigenvalue weighted by Gasteiger charge is -2.02. The van der Waals surface area contributed by atoms with E-state index in [1.807, 2.05) is 18.2 Å². The van der Waals surface area contributed by atoms with Crippen molar-refractivity contribution < 1.29 is 28.0 Å². The predicted octanol–water partition coefficient (Wildman–Crippen LogP) is 5.75. The largest absolute Gasteiger partial charge is 0.508 e. The van der Waals surface area contributed by atoms with Gasteiger partial charge in [0.25, 0.3) is 10.1 Å². The normalized spacial score (nSPS) is 10.2. The second-order valence-corrected chi connectivity index (χ2v) is 8.38. The molecule has 0 atom stereocenters. The second kappa shape index (κ2) is 12.0. The molecule has 11 heteroatoms. The van der Waals surface area contributed by atoms with E-state index < -0.39 is 15.0 Å². The first-order chi connectivity index (χ1) is 13.9. The van der Waals surface area contributed by atoms with Crippen molar-refractivity contribution in [2.24, 2.45) is 0 Å². The van der Waals surface area contributed by atoms with Crippen molar-refractivity contribution >= 4 is 62.7 Å². The van der Waals surface area contributed by atoms with E-state index in [0.717, 1.165) is 12.1 Å². The van der Waals surface area contributed by atoms with Gasteiger partial charge in [-0.05, 0) is 36.4 Å². The Balaban J connectivity index is 0.000000234. The van der Waals surface area contributed by atoms with Crippen molar-refractivity contribution in [3.63, 3.8) is 0 Å². The molecule has 3 aromatic rings. The van der Waals surface area contributed by atoms with E-state index in [1.165, 1.54) is 24.3 Å². The third kappa shape index (κ3) is 9.25. The highest BCUT2D eigenvalue weighted by molar-refractivity contribution is 7.97. The summed E-state index contributed by atoms with van der Waals surface area (Å²) in [6.45, 7) is 0. The summed E-state index contributed by atoms with van der Waals surface area (Å²) in [6.07, 6.45) is 0. The summed E-state index contributed by atoms with van der Waals surface area (Å²) < 4.78 is 30.0. The van der Waals surface area contributed by atoms with E-state index in [0.29, 0.717) is 5.56 Å². The molecule has 0 aliphatic rings. The minimum atomic E-state index is -4.35. The molecule has 0 saturated carbocycles. The number of thiol groups is 1. The fraction of sp³-hybridized carbons (Fsp3) is 0. The Bertz CT molecular complexity index is 1070. The van der Waals surface area contributed by atoms with Crippen molar-refractivity contribution in [2.45, 2.75) is 4.90 Å². The number of benzene rings is 3. The van der Waals surface area contributed by atoms with Crippen LogP contribution < -0.4 is 0 Å². The zero-order valence-electron chi connectivity index (χ0n) is 14.9. The van der Waals surface area contributed by atoms with Crippen LogP contribution in [0.25, 0.3) is 0 Å². The lowest BCUT2D eigenvalue weighted by atomic mass is 10.2. The molecule has 0 radical (unpaired) electrons. The average Bonchev–Trinajstić information content (AvgIpc) is 2.68. The van der Waals surface area contributed by atoms with Gasteiger partial charge in [-0.15, -0.1) is 12.6 Å². The summed E-state index contributed by atoms with van der Waals surface area (Å²) in [6, 6.07) is 16.8. The third-order valence-corrected chi connectivity index (χ3v) is 5.42. The van der Waals surface area contributed by atoms with Crippen molar-refractivity contribution in [1.82, 2.24) is 0 Å². The molecule has 0 heterocycles. The molecule has 0 aromatic heterocycles. The fourth-order valence-corrected chi connectivity index (χ4v) is 3.36. The van der Waals surface area contributed by atoms with E-state index in [2.05, 4.69) is 12.6 Å². The van der Waals surface area contributed by atoms with Crippen LogP contribution in [0.5, 0.6) is 11.5 Å². The summed E-state index contributed by atoms with van der Waals surface area (Å²) in [4.78, 5) is 10.1. The van der Waals surface area contributed by atoms with Crippen molar-refractivity contribution in [3.05, 3.63) is 87.4 Å². The van der Waals surface area contributed by atoms with Crippen LogP contribution in [0.2, 0.25) is 15.1 Å². The molecule has 3 aromatic carbocycles. The number of hydrogen-bond donors (Lipinski definition) is 4. The van der Waals surface area contributed by atoms with Gasteiger partial charge < -0.3 is 10.2 Å². The summed E-state index contributed by atoms with van der Waals surface area (Å²) >= 11 is 20.2. The molecular formula is C19H15Cl3O6S2. The van der Waals surface area contributed by atoms with E-state index in [9.17, 15) is 13.2 Å². The minimum absolute atomic E-state index is 0.0127. The van der Waals surface area contributed by atoms with Gasteiger partial charge in [0.2, 0.25) is 5.12 Å². The van der Waals surface area contributed by atoms with Crippen LogP contribution in [-0.2, 0) is 10.1 Å². The molecule has 0 unspecified atom stereocenters. The van der Waals surface area contributed by atoms with Crippen LogP contribution >= 0.6 is 47.4 Å². The number of carbonyl (C=O) groups excluding carboxylic acids is 1. The average molecular weight is 510 g/mol. The fourth-order valence-electron chi connectivity index (χ4n) is 1.74. The summed E-state index contributed by atoms with van der Waals surface area (Å²) in [5, 5.41) is 17.1. The van der Waals surface area contributed by atoms with Crippen LogP contribution in [0.15, 0.2) is 71.6 Å². The van der Waals surface area contributed by atoms with Crippen LogP contribution in [0.4, 0.5) is 0 Å². The zero-order valence-corrected chi connectivity index (χ0v) is 18.9. The summed E-state index contributed by atoms with van der Waals surface area (Å²) in [5.41, 5.74) is 0.640. The SMILES string of the molecule is O=C(S)c1ccccc1.O=S(=O)(O)c1cc(Cl)c(Cl)cc1Cl.Oc1ccc(O)cc1. The minimum Gasteiger partial charge on any atom is -0.508 e. The number of carbonyl (C=O) groups is 1. The van der Waals surface area contributed by atoms with Gasteiger partial charge in [-0.1, -0.05) is 65.1 Å². The molecule has 3 N–H and O–H groups in total. The summed E-state index contributed by atoms with van der Waals surface area (Å²) in [7, 11) is -4.35. The van der Waals surface area contributed by atoms with Crippen LogP contribution in [0, 0.1) is 0 Å². The number of rotatable bonds is 2. The first kappa shape index (κ1) is 26.1. The van der Waals surface area contributed by atoms with Gasteiger partial charge in [0, 0.05) is 5.56 Å². The molecule has 6 nitrogen and oxygen atoms in total. The first-order valence-electron chi connectivity index (χ1n) is 7.80. The summed E-state index contributed by atoms with van der Waals surface area (Å²) in [5.74, 6) is 0.339. The van der Waals surface area contributed by atoms with Crippen LogP contribution in [0.3, 0.4) is 0 Å². The molecule has 0 aliphatic heterocycles. The van der Waals surface area contributed by atoms with Crippen molar-refractivity contribution in [3.8, 4) is 11.5 Å². The van der Waals surface area contributed by atoms with Gasteiger partial charge in [-0.3, -0.25) is 9.35 Å². The Morgan fingerprint density at radius 3 is 1.57 bits per heavy atom. The number of halogens is 3. The highest BCUT2D eigenvalue weighted by Gasteiger charge is 2.16. The Hall–Kier alpha value is -1.94. The number of phenolic OH excluding ortho intramolecular Hbond substituents is 2. The van der Waals surface area contributed by atoms with Gasteiger partial charge in [-0.2, -0.15) is 8.42 Å². The molecule has 0 spiro atoms. The Labute approximate surface area is 193 Å². The molecule has 0 bridgehead atoms. The monoisotopic (exact) mass is 508 g/mol. The zero-order chi connectivity index (χ0) is 22.9. The van der Waals surface area contributed by atoms with E-state index >= 15 is 0 Å². The van der Waals surface area contributed by atoms with E-state index in [4.69, 9.17) is 49.6 Å². The standard InChI is InChI=1S/C7H6OS.C6H3Cl3O3S.C6H6O2/c8-7(9)6-4-2-1-3-5-6;7-3-1-5(9)6(2-4(3)8)13(10,11)12;7-5-1-2-6(8)4-3-5/h1-5H,(H,8,9);1-2H,(H,10,11,12);1-4,7-8H. The van der Waals surface area contributed by atoms with Crippen LogP contribution in [0.1, 0.15) is 10.4 Å². The van der Waals surface area contributed by atoms with Gasteiger partial charge in [0.05, 0.1) is 15.1 Å². The molecule has 30 heavy (non-hydrogen) atoms. The van der Waals surface area contributed by atoms with Gasteiger partial charge in [0.15, 0.2) is 0 Å². The highest BCUT2D eigenvalue weighted by Crippen LogP contribution is 2.31. The van der Waals surface area contributed by atoms with Gasteiger partial charge >= 0.3 is 0 Å². The molecule has 0 fully saturated rings. The topological polar surface area (TPSA) is 112 Å². The van der Waals surface area contributed by atoms with E-state index in [1.54, 1.807) is 12.1 Å². The Morgan fingerprint density at radius 1 is 0.767 bits per heavy atom. The molecule has 3 rings (SSSR count). The quantitative estimate of drug-likeness (QED) is 0.151. The second-order valence-electron chi connectivity index (χ2n) is 5.36. The first-order valence-corrected chi connectivity index (χ1v) is 10.8. The molecule has 0 saturated heterocycles. The lowest BCUT2D eigenvalue weighted by Crippen LogP contribution is -1.98. The Kier molecular flexibility index (Phi) is 10.5. The maximum absolute atomic E-state index is 10.7.